The zero-order chi connectivity index (χ0) is 30.5. The molecule has 0 saturated heterocycles. The van der Waals surface area contributed by atoms with Crippen LogP contribution in [0, 0.1) is 13.8 Å². The summed E-state index contributed by atoms with van der Waals surface area (Å²) in [5.74, 6) is 0.828. The molecular weight excluding hydrogens is 678 g/mol. The number of nitrogens with zero attached hydrogens (tertiary/aromatic N) is 3. The Morgan fingerprint density at radius 2 is 1.23 bits per heavy atom. The van der Waals surface area contributed by atoms with E-state index in [9.17, 15) is 5.11 Å². The molecular formula is C32H31Br2N5O4. The second-order valence-corrected chi connectivity index (χ2v) is 12.0. The lowest BCUT2D eigenvalue weighted by molar-refractivity contribution is 0.261. The molecule has 2 heterocycles. The summed E-state index contributed by atoms with van der Waals surface area (Å²) in [7, 11) is 4.04. The van der Waals surface area contributed by atoms with Crippen molar-refractivity contribution in [3.05, 3.63) is 92.9 Å². The highest BCUT2D eigenvalue weighted by Crippen LogP contribution is 2.32. The van der Waals surface area contributed by atoms with Gasteiger partial charge in [-0.15, -0.1) is 0 Å². The quantitative estimate of drug-likeness (QED) is 0.143. The molecule has 2 aromatic heterocycles. The number of phenols is 1. The van der Waals surface area contributed by atoms with Crippen LogP contribution in [0.4, 0.5) is 23.4 Å². The average molecular weight is 709 g/mol. The number of aromatic hydroxyl groups is 1. The molecule has 0 saturated carbocycles. The number of nitrogens with one attached hydrogen (secondary N) is 2. The zero-order valence-electron chi connectivity index (χ0n) is 24.1. The van der Waals surface area contributed by atoms with E-state index in [1.54, 1.807) is 6.07 Å². The third-order valence-corrected chi connectivity index (χ3v) is 7.26. The number of anilines is 4. The Bertz CT molecular complexity index is 1830. The maximum atomic E-state index is 9.80. The van der Waals surface area contributed by atoms with Crippen molar-refractivity contribution in [3.8, 4) is 11.5 Å². The summed E-state index contributed by atoms with van der Waals surface area (Å²) in [6, 6.07) is 23.8. The van der Waals surface area contributed by atoms with Crippen molar-refractivity contribution < 1.29 is 18.7 Å². The van der Waals surface area contributed by atoms with Crippen molar-refractivity contribution in [1.29, 1.82) is 0 Å². The number of fused-ring (bicyclic) bond motifs is 2. The van der Waals surface area contributed by atoms with Gasteiger partial charge < -0.3 is 34.2 Å². The number of ether oxygens (including phenoxy) is 1. The van der Waals surface area contributed by atoms with Crippen LogP contribution in [0.25, 0.3) is 22.2 Å². The number of aromatic nitrogens is 2. The molecule has 11 heteroatoms. The number of halogens is 2. The lowest BCUT2D eigenvalue weighted by atomic mass is 10.2. The molecule has 0 fully saturated rings. The van der Waals surface area contributed by atoms with Crippen LogP contribution in [0.5, 0.6) is 11.5 Å². The lowest BCUT2D eigenvalue weighted by Crippen LogP contribution is -2.19. The second kappa shape index (κ2) is 13.5. The third-order valence-electron chi connectivity index (χ3n) is 6.20. The first kappa shape index (κ1) is 30.4. The van der Waals surface area contributed by atoms with E-state index >= 15 is 0 Å². The van der Waals surface area contributed by atoms with Gasteiger partial charge in [0.05, 0.1) is 0 Å². The smallest absolute Gasteiger partial charge is 0.300 e. The van der Waals surface area contributed by atoms with Gasteiger partial charge >= 0.3 is 0 Å². The van der Waals surface area contributed by atoms with Crippen molar-refractivity contribution >= 4 is 77.5 Å². The van der Waals surface area contributed by atoms with E-state index in [2.05, 4.69) is 57.4 Å². The van der Waals surface area contributed by atoms with E-state index in [0.29, 0.717) is 35.3 Å². The van der Waals surface area contributed by atoms with Gasteiger partial charge in [0, 0.05) is 26.9 Å². The molecule has 0 spiro atoms. The van der Waals surface area contributed by atoms with Crippen molar-refractivity contribution in [2.24, 2.45) is 0 Å². The Kier molecular flexibility index (Phi) is 9.54. The Morgan fingerprint density at radius 3 is 1.77 bits per heavy atom. The molecule has 222 valence electrons. The predicted octanol–water partition coefficient (Wildman–Crippen LogP) is 8.93. The van der Waals surface area contributed by atoms with Gasteiger partial charge in [-0.1, -0.05) is 31.9 Å². The SMILES string of the molecule is Cc1cc(O)c2oc(Nc3ccc(Br)cc3)nc2c1.Cc1cc(OCCN(C)C)c2oc(Nc3ccc(Br)cc3)nc2c1. The Balaban J connectivity index is 0.000000176. The molecule has 6 rings (SSSR count). The minimum absolute atomic E-state index is 0.103. The van der Waals surface area contributed by atoms with Crippen LogP contribution >= 0.6 is 31.9 Å². The molecule has 43 heavy (non-hydrogen) atoms. The molecule has 3 N–H and O–H groups in total. The van der Waals surface area contributed by atoms with Crippen molar-refractivity contribution in [2.75, 3.05) is 37.9 Å². The molecule has 4 aromatic carbocycles. The summed E-state index contributed by atoms with van der Waals surface area (Å²) >= 11 is 6.80. The largest absolute Gasteiger partial charge is 0.504 e. The Labute approximate surface area is 266 Å². The summed E-state index contributed by atoms with van der Waals surface area (Å²) in [4.78, 5) is 10.9. The number of oxazole rings is 2. The summed E-state index contributed by atoms with van der Waals surface area (Å²) in [5, 5.41) is 16.0. The van der Waals surface area contributed by atoms with Crippen LogP contribution in [0.3, 0.4) is 0 Å². The fraction of sp³-hybridized carbons (Fsp3) is 0.188. The molecule has 0 bridgehead atoms. The highest BCUT2D eigenvalue weighted by molar-refractivity contribution is 9.10. The Morgan fingerprint density at radius 1 is 0.744 bits per heavy atom. The standard InChI is InChI=1S/C18H20BrN3O2.C14H11BrN2O2/c1-12-10-15-17(16(11-12)23-9-8-22(2)3)24-18(21-15)20-14-6-4-13(19)5-7-14;1-8-6-11-13(12(18)7-8)19-14(17-11)16-10-4-2-9(15)3-5-10/h4-7,10-11H,8-9H2,1-3H3,(H,20,21);2-7,18H,1H3,(H,16,17). The fourth-order valence-corrected chi connectivity index (χ4v) is 4.68. The van der Waals surface area contributed by atoms with E-state index in [0.717, 1.165) is 49.3 Å². The van der Waals surface area contributed by atoms with Crippen LogP contribution in [0.2, 0.25) is 0 Å². The molecule has 0 aliphatic carbocycles. The van der Waals surface area contributed by atoms with Gasteiger partial charge in [-0.05, 0) is 112 Å². The van der Waals surface area contributed by atoms with Crippen molar-refractivity contribution in [1.82, 2.24) is 14.9 Å². The number of hydrogen-bond acceptors (Lipinski definition) is 9. The van der Waals surface area contributed by atoms with Gasteiger partial charge in [0.2, 0.25) is 0 Å². The zero-order valence-corrected chi connectivity index (χ0v) is 27.3. The predicted molar refractivity (Wildman–Crippen MR) is 178 cm³/mol. The number of benzene rings is 4. The van der Waals surface area contributed by atoms with E-state index in [1.807, 2.05) is 94.7 Å². The van der Waals surface area contributed by atoms with E-state index < -0.39 is 0 Å². The minimum atomic E-state index is 0.103. The second-order valence-electron chi connectivity index (χ2n) is 10.2. The third kappa shape index (κ3) is 8.07. The number of phenolic OH excluding ortho intramolecular Hbond substituents is 1. The number of aryl methyl sites for hydroxylation is 2. The summed E-state index contributed by atoms with van der Waals surface area (Å²) in [6.07, 6.45) is 0. The number of likely N-dealkylation sites (N-methyl/N-ethyl adjacent to an activating group) is 1. The van der Waals surface area contributed by atoms with Gasteiger partial charge in [-0.3, -0.25) is 0 Å². The van der Waals surface area contributed by atoms with Crippen LogP contribution in [0.15, 0.2) is 90.6 Å². The number of hydrogen-bond donors (Lipinski definition) is 3. The lowest BCUT2D eigenvalue weighted by Gasteiger charge is -2.11. The highest BCUT2D eigenvalue weighted by Gasteiger charge is 2.13. The molecule has 0 aliphatic heterocycles. The van der Waals surface area contributed by atoms with E-state index in [4.69, 9.17) is 13.6 Å². The molecule has 9 nitrogen and oxygen atoms in total. The van der Waals surface area contributed by atoms with E-state index in [1.165, 1.54) is 0 Å². The van der Waals surface area contributed by atoms with Crippen LogP contribution in [0.1, 0.15) is 11.1 Å². The van der Waals surface area contributed by atoms with Crippen molar-refractivity contribution in [3.63, 3.8) is 0 Å². The summed E-state index contributed by atoms with van der Waals surface area (Å²) in [6.45, 7) is 5.36. The Hall–Kier alpha value is -4.06. The van der Waals surface area contributed by atoms with Crippen LogP contribution < -0.4 is 15.4 Å². The molecule has 0 aliphatic rings. The van der Waals surface area contributed by atoms with Gasteiger partial charge in [0.25, 0.3) is 12.0 Å². The molecule has 6 aromatic rings. The van der Waals surface area contributed by atoms with E-state index in [-0.39, 0.29) is 5.75 Å². The topological polar surface area (TPSA) is 109 Å². The normalized spacial score (nSPS) is 11.0. The van der Waals surface area contributed by atoms with Gasteiger partial charge in [0.15, 0.2) is 22.7 Å². The highest BCUT2D eigenvalue weighted by atomic mass is 79.9. The maximum absolute atomic E-state index is 9.80. The van der Waals surface area contributed by atoms with Gasteiger partial charge in [-0.25, -0.2) is 0 Å². The average Bonchev–Trinajstić information content (AvgIpc) is 3.55. The van der Waals surface area contributed by atoms with Crippen molar-refractivity contribution in [2.45, 2.75) is 13.8 Å². The maximum Gasteiger partial charge on any atom is 0.300 e. The van der Waals surface area contributed by atoms with Gasteiger partial charge in [0.1, 0.15) is 17.6 Å². The molecule has 0 atom stereocenters. The first-order valence-corrected chi connectivity index (χ1v) is 15.1. The molecule has 0 radical (unpaired) electrons. The minimum Gasteiger partial charge on any atom is -0.504 e. The van der Waals surface area contributed by atoms with Crippen LogP contribution in [-0.2, 0) is 0 Å². The summed E-state index contributed by atoms with van der Waals surface area (Å²) in [5.41, 5.74) is 6.29. The number of rotatable bonds is 8. The fourth-order valence-electron chi connectivity index (χ4n) is 4.15. The monoisotopic (exact) mass is 707 g/mol. The first-order chi connectivity index (χ1) is 20.6. The molecule has 0 amide bonds. The summed E-state index contributed by atoms with van der Waals surface area (Å²) < 4.78 is 19.3. The molecule has 0 unspecified atom stereocenters. The van der Waals surface area contributed by atoms with Gasteiger partial charge in [-0.2, -0.15) is 9.97 Å². The van der Waals surface area contributed by atoms with Crippen LogP contribution in [-0.4, -0.2) is 47.2 Å². The first-order valence-electron chi connectivity index (χ1n) is 13.5.